The number of rotatable bonds is 5. The van der Waals surface area contributed by atoms with E-state index in [1.54, 1.807) is 0 Å². The molecule has 0 atom stereocenters. The van der Waals surface area contributed by atoms with E-state index in [1.165, 1.54) is 22.3 Å². The highest BCUT2D eigenvalue weighted by Gasteiger charge is 1.99. The zero-order valence-corrected chi connectivity index (χ0v) is 15.0. The highest BCUT2D eigenvalue weighted by molar-refractivity contribution is 5.82. The monoisotopic (exact) mass is 329 g/mol. The first-order valence-electron chi connectivity index (χ1n) is 8.50. The number of benzene rings is 3. The van der Waals surface area contributed by atoms with E-state index in [4.69, 9.17) is 4.74 Å². The third-order valence-electron chi connectivity index (χ3n) is 4.10. The predicted octanol–water partition coefficient (Wildman–Crippen LogP) is 5.94. The number of hydrogen-bond donors (Lipinski definition) is 0. The summed E-state index contributed by atoms with van der Waals surface area (Å²) < 4.78 is 5.91. The molecular formula is C23H23NO. The molecule has 0 bridgehead atoms. The minimum absolute atomic E-state index is 0.567. The molecule has 0 aliphatic rings. The Kier molecular flexibility index (Phi) is 5.30. The average Bonchev–Trinajstić information content (AvgIpc) is 2.62. The lowest BCUT2D eigenvalue weighted by Gasteiger charge is -2.07. The van der Waals surface area contributed by atoms with Crippen molar-refractivity contribution in [2.24, 2.45) is 4.99 Å². The molecule has 0 heterocycles. The van der Waals surface area contributed by atoms with Crippen LogP contribution in [0.2, 0.25) is 0 Å². The first-order chi connectivity index (χ1) is 12.1. The minimum atomic E-state index is 0.567. The van der Waals surface area contributed by atoms with E-state index < -0.39 is 0 Å². The Hall–Kier alpha value is -2.87. The van der Waals surface area contributed by atoms with Gasteiger partial charge in [-0.2, -0.15) is 0 Å². The van der Waals surface area contributed by atoms with Gasteiger partial charge in [-0.3, -0.25) is 4.99 Å². The smallest absolute Gasteiger partial charge is 0.120 e. The fourth-order valence-corrected chi connectivity index (χ4v) is 2.54. The zero-order valence-electron chi connectivity index (χ0n) is 15.0. The summed E-state index contributed by atoms with van der Waals surface area (Å²) in [6, 6.07) is 22.7. The van der Waals surface area contributed by atoms with Crippen LogP contribution in [0.4, 0.5) is 5.69 Å². The van der Waals surface area contributed by atoms with E-state index in [0.717, 1.165) is 17.0 Å². The van der Waals surface area contributed by atoms with Crippen molar-refractivity contribution in [3.05, 3.63) is 94.5 Å². The van der Waals surface area contributed by atoms with Crippen LogP contribution in [-0.2, 0) is 6.61 Å². The van der Waals surface area contributed by atoms with Gasteiger partial charge in [0, 0.05) is 6.21 Å². The second-order valence-electron chi connectivity index (χ2n) is 6.39. The number of aliphatic imine (C=N–C) groups is 1. The third-order valence-corrected chi connectivity index (χ3v) is 4.10. The van der Waals surface area contributed by atoms with Gasteiger partial charge in [0.15, 0.2) is 0 Å². The molecule has 0 aromatic heterocycles. The van der Waals surface area contributed by atoms with Crippen molar-refractivity contribution in [2.45, 2.75) is 27.4 Å². The van der Waals surface area contributed by atoms with E-state index in [1.807, 2.05) is 30.5 Å². The molecule has 2 heteroatoms. The lowest BCUT2D eigenvalue weighted by Crippen LogP contribution is -1.96. The first kappa shape index (κ1) is 17.0. The summed E-state index contributed by atoms with van der Waals surface area (Å²) in [4.78, 5) is 4.63. The van der Waals surface area contributed by atoms with Gasteiger partial charge >= 0.3 is 0 Å². The fourth-order valence-electron chi connectivity index (χ4n) is 2.54. The first-order valence-corrected chi connectivity index (χ1v) is 8.50. The molecule has 0 N–H and O–H groups in total. The maximum atomic E-state index is 5.91. The van der Waals surface area contributed by atoms with Crippen molar-refractivity contribution in [3.8, 4) is 5.75 Å². The molecular weight excluding hydrogens is 306 g/mol. The molecule has 0 saturated heterocycles. The number of ether oxygens (including phenoxy) is 1. The Labute approximate surface area is 149 Å². The van der Waals surface area contributed by atoms with Gasteiger partial charge in [0.05, 0.1) is 5.69 Å². The predicted molar refractivity (Wildman–Crippen MR) is 105 cm³/mol. The van der Waals surface area contributed by atoms with Crippen molar-refractivity contribution in [1.29, 1.82) is 0 Å². The Morgan fingerprint density at radius 3 is 2.40 bits per heavy atom. The summed E-state index contributed by atoms with van der Waals surface area (Å²) >= 11 is 0. The molecule has 0 saturated carbocycles. The molecule has 3 rings (SSSR count). The fraction of sp³-hybridized carbons (Fsp3) is 0.174. The van der Waals surface area contributed by atoms with E-state index in [-0.39, 0.29) is 0 Å². The zero-order chi connectivity index (χ0) is 17.6. The Morgan fingerprint density at radius 2 is 1.60 bits per heavy atom. The van der Waals surface area contributed by atoms with Crippen molar-refractivity contribution in [3.63, 3.8) is 0 Å². The summed E-state index contributed by atoms with van der Waals surface area (Å²) in [5.74, 6) is 0.852. The highest BCUT2D eigenvalue weighted by atomic mass is 16.5. The topological polar surface area (TPSA) is 21.6 Å². The molecule has 0 fully saturated rings. The van der Waals surface area contributed by atoms with E-state index in [9.17, 15) is 0 Å². The van der Waals surface area contributed by atoms with Gasteiger partial charge in [0.25, 0.3) is 0 Å². The largest absolute Gasteiger partial charge is 0.489 e. The van der Waals surface area contributed by atoms with Gasteiger partial charge < -0.3 is 4.74 Å². The van der Waals surface area contributed by atoms with Crippen LogP contribution in [0.15, 0.2) is 71.7 Å². The Morgan fingerprint density at radius 1 is 0.840 bits per heavy atom. The maximum absolute atomic E-state index is 5.91. The summed E-state index contributed by atoms with van der Waals surface area (Å²) in [7, 11) is 0. The third kappa shape index (κ3) is 4.80. The second kappa shape index (κ2) is 7.80. The van der Waals surface area contributed by atoms with Crippen LogP contribution in [0.1, 0.15) is 27.8 Å². The van der Waals surface area contributed by atoms with E-state index in [2.05, 4.69) is 68.2 Å². The molecule has 2 nitrogen and oxygen atoms in total. The number of nitrogens with zero attached hydrogens (tertiary/aromatic N) is 1. The normalized spacial score (nSPS) is 11.0. The van der Waals surface area contributed by atoms with Crippen LogP contribution in [-0.4, -0.2) is 6.21 Å². The summed E-state index contributed by atoms with van der Waals surface area (Å²) in [5, 5.41) is 0. The van der Waals surface area contributed by atoms with Crippen LogP contribution in [0, 0.1) is 20.8 Å². The molecule has 3 aromatic carbocycles. The maximum Gasteiger partial charge on any atom is 0.120 e. The van der Waals surface area contributed by atoms with Crippen LogP contribution in [0.25, 0.3) is 0 Å². The SMILES string of the molecule is Cc1ccc(COc2cccc(C=Nc3cc(C)ccc3C)c2)cc1. The van der Waals surface area contributed by atoms with Gasteiger partial charge in [0.1, 0.15) is 12.4 Å². The molecule has 126 valence electrons. The molecule has 0 radical (unpaired) electrons. The van der Waals surface area contributed by atoms with Gasteiger partial charge in [-0.05, 0) is 61.2 Å². The molecule has 25 heavy (non-hydrogen) atoms. The Bertz CT molecular complexity index is 879. The molecule has 0 unspecified atom stereocenters. The quantitative estimate of drug-likeness (QED) is 0.531. The van der Waals surface area contributed by atoms with Gasteiger partial charge in [0.2, 0.25) is 0 Å². The minimum Gasteiger partial charge on any atom is -0.489 e. The molecule has 0 aliphatic heterocycles. The lowest BCUT2D eigenvalue weighted by atomic mass is 10.1. The number of aryl methyl sites for hydroxylation is 3. The summed E-state index contributed by atoms with van der Waals surface area (Å²) in [5.41, 5.74) is 6.85. The summed E-state index contributed by atoms with van der Waals surface area (Å²) in [6.07, 6.45) is 1.89. The second-order valence-corrected chi connectivity index (χ2v) is 6.39. The molecule has 0 amide bonds. The van der Waals surface area contributed by atoms with Gasteiger partial charge in [-0.15, -0.1) is 0 Å². The standard InChI is InChI=1S/C23H23NO/c1-17-8-11-20(12-9-17)16-25-22-6-4-5-21(14-22)15-24-23-13-18(2)7-10-19(23)3/h4-15H,16H2,1-3H3. The van der Waals surface area contributed by atoms with Crippen molar-refractivity contribution < 1.29 is 4.74 Å². The van der Waals surface area contributed by atoms with Crippen molar-refractivity contribution in [1.82, 2.24) is 0 Å². The van der Waals surface area contributed by atoms with Crippen LogP contribution >= 0.6 is 0 Å². The van der Waals surface area contributed by atoms with Crippen LogP contribution in [0.5, 0.6) is 5.75 Å². The van der Waals surface area contributed by atoms with Crippen LogP contribution < -0.4 is 4.74 Å². The van der Waals surface area contributed by atoms with Gasteiger partial charge in [-0.1, -0.05) is 54.1 Å². The summed E-state index contributed by atoms with van der Waals surface area (Å²) in [6.45, 7) is 6.81. The molecule has 3 aromatic rings. The number of hydrogen-bond acceptors (Lipinski definition) is 2. The van der Waals surface area contributed by atoms with Crippen molar-refractivity contribution in [2.75, 3.05) is 0 Å². The van der Waals surface area contributed by atoms with Crippen LogP contribution in [0.3, 0.4) is 0 Å². The molecule has 0 aliphatic carbocycles. The molecule has 0 spiro atoms. The van der Waals surface area contributed by atoms with Crippen molar-refractivity contribution >= 4 is 11.9 Å². The van der Waals surface area contributed by atoms with E-state index in [0.29, 0.717) is 6.61 Å². The Balaban J connectivity index is 1.69. The lowest BCUT2D eigenvalue weighted by molar-refractivity contribution is 0.306. The van der Waals surface area contributed by atoms with E-state index >= 15 is 0 Å². The highest BCUT2D eigenvalue weighted by Crippen LogP contribution is 2.20. The van der Waals surface area contributed by atoms with Gasteiger partial charge in [-0.25, -0.2) is 0 Å². The average molecular weight is 329 g/mol.